The zero-order chi connectivity index (χ0) is 12.6. The number of ether oxygens (including phenoxy) is 2. The van der Waals surface area contributed by atoms with Crippen LogP contribution in [0.1, 0.15) is 17.5 Å². The van der Waals surface area contributed by atoms with Crippen LogP contribution in [0.4, 0.5) is 0 Å². The Morgan fingerprint density at radius 1 is 1.29 bits per heavy atom. The van der Waals surface area contributed by atoms with Crippen molar-refractivity contribution in [3.8, 4) is 5.75 Å². The fourth-order valence-corrected chi connectivity index (χ4v) is 3.12. The highest BCUT2D eigenvalue weighted by Gasteiger charge is 2.41. The predicted octanol–water partition coefficient (Wildman–Crippen LogP) is 3.89. The minimum absolute atomic E-state index is 0.129. The van der Waals surface area contributed by atoms with Gasteiger partial charge in [0.2, 0.25) is 0 Å². The van der Waals surface area contributed by atoms with Crippen LogP contribution in [0, 0.1) is 13.8 Å². The van der Waals surface area contributed by atoms with Crippen LogP contribution in [-0.4, -0.2) is 24.1 Å². The first kappa shape index (κ1) is 13.2. The van der Waals surface area contributed by atoms with Crippen LogP contribution in [0.15, 0.2) is 12.1 Å². The first-order valence-corrected chi connectivity index (χ1v) is 6.92. The molecule has 1 aliphatic rings. The van der Waals surface area contributed by atoms with E-state index in [-0.39, 0.29) is 12.2 Å². The maximum Gasteiger partial charge on any atom is 0.127 e. The molecule has 3 unspecified atom stereocenters. The van der Waals surface area contributed by atoms with Gasteiger partial charge in [0.1, 0.15) is 18.0 Å². The number of alkyl halides is 1. The lowest BCUT2D eigenvalue weighted by atomic mass is 9.91. The highest BCUT2D eigenvalue weighted by molar-refractivity contribution is 9.09. The average molecular weight is 320 g/mol. The second-order valence-electron chi connectivity index (χ2n) is 4.48. The number of aryl methyl sites for hydroxylation is 2. The summed E-state index contributed by atoms with van der Waals surface area (Å²) in [4.78, 5) is 0.395. The van der Waals surface area contributed by atoms with Gasteiger partial charge in [-0.15, -0.1) is 0 Å². The molecule has 1 aromatic carbocycles. The van der Waals surface area contributed by atoms with Crippen molar-refractivity contribution in [3.63, 3.8) is 0 Å². The molecular weight excluding hydrogens is 303 g/mol. The lowest BCUT2D eigenvalue weighted by molar-refractivity contribution is -0.0545. The predicted molar refractivity (Wildman–Crippen MR) is 73.5 cm³/mol. The summed E-state index contributed by atoms with van der Waals surface area (Å²) in [6.07, 6.45) is 1.23. The molecule has 1 aliphatic carbocycles. The largest absolute Gasteiger partial charge is 0.488 e. The molecule has 0 amide bonds. The number of rotatable bonds is 3. The van der Waals surface area contributed by atoms with E-state index in [1.54, 1.807) is 7.11 Å². The number of hydrogen-bond acceptors (Lipinski definition) is 2. The maximum atomic E-state index is 6.13. The molecule has 0 bridgehead atoms. The molecule has 3 atom stereocenters. The van der Waals surface area contributed by atoms with Crippen LogP contribution in [0.3, 0.4) is 0 Å². The van der Waals surface area contributed by atoms with Crippen molar-refractivity contribution < 1.29 is 9.47 Å². The van der Waals surface area contributed by atoms with Crippen molar-refractivity contribution in [3.05, 3.63) is 28.3 Å². The quantitative estimate of drug-likeness (QED) is 0.787. The van der Waals surface area contributed by atoms with E-state index >= 15 is 0 Å². The summed E-state index contributed by atoms with van der Waals surface area (Å²) >= 11 is 9.68. The zero-order valence-electron chi connectivity index (χ0n) is 10.2. The molecular formula is C13H16BrClO2. The molecule has 2 rings (SSSR count). The van der Waals surface area contributed by atoms with Gasteiger partial charge in [-0.05, 0) is 37.1 Å². The van der Waals surface area contributed by atoms with E-state index in [0.717, 1.165) is 28.3 Å². The Labute approximate surface area is 115 Å². The van der Waals surface area contributed by atoms with Gasteiger partial charge < -0.3 is 9.47 Å². The third-order valence-electron chi connectivity index (χ3n) is 3.15. The summed E-state index contributed by atoms with van der Waals surface area (Å²) in [6, 6.07) is 3.95. The Hall–Kier alpha value is -0.250. The molecule has 1 saturated carbocycles. The minimum Gasteiger partial charge on any atom is -0.488 e. The van der Waals surface area contributed by atoms with Crippen molar-refractivity contribution in [2.24, 2.45) is 0 Å². The van der Waals surface area contributed by atoms with E-state index in [2.05, 4.69) is 15.9 Å². The number of methoxy groups -OCH3 is 1. The first-order valence-electron chi connectivity index (χ1n) is 5.63. The molecule has 4 heteroatoms. The molecule has 0 heterocycles. The Bertz CT molecular complexity index is 399. The van der Waals surface area contributed by atoms with Crippen molar-refractivity contribution in [2.75, 3.05) is 7.11 Å². The SMILES string of the molecule is COC1C(Br)CC1Oc1cc(C)c(Cl)c(C)c1. The highest BCUT2D eigenvalue weighted by atomic mass is 79.9. The molecule has 0 spiro atoms. The topological polar surface area (TPSA) is 18.5 Å². The normalized spacial score (nSPS) is 27.7. The van der Waals surface area contributed by atoms with E-state index < -0.39 is 0 Å². The first-order chi connectivity index (χ1) is 8.02. The van der Waals surface area contributed by atoms with Crippen LogP contribution < -0.4 is 4.74 Å². The maximum absolute atomic E-state index is 6.13. The second-order valence-corrected chi connectivity index (χ2v) is 6.03. The Balaban J connectivity index is 2.10. The van der Waals surface area contributed by atoms with Crippen molar-refractivity contribution in [1.82, 2.24) is 0 Å². The third kappa shape index (κ3) is 2.61. The summed E-state index contributed by atoms with van der Waals surface area (Å²) in [5.74, 6) is 0.871. The molecule has 1 aromatic rings. The zero-order valence-corrected chi connectivity index (χ0v) is 12.5. The third-order valence-corrected chi connectivity index (χ3v) is 4.64. The summed E-state index contributed by atoms with van der Waals surface area (Å²) in [5, 5.41) is 0.813. The molecule has 0 saturated heterocycles. The molecule has 17 heavy (non-hydrogen) atoms. The molecule has 0 aromatic heterocycles. The monoisotopic (exact) mass is 318 g/mol. The van der Waals surface area contributed by atoms with Crippen LogP contribution in [0.5, 0.6) is 5.75 Å². The van der Waals surface area contributed by atoms with Gasteiger partial charge in [-0.25, -0.2) is 0 Å². The summed E-state index contributed by atoms with van der Waals surface area (Å²) in [6.45, 7) is 3.98. The van der Waals surface area contributed by atoms with Gasteiger partial charge in [-0.2, -0.15) is 0 Å². The number of benzene rings is 1. The van der Waals surface area contributed by atoms with Gasteiger partial charge in [-0.1, -0.05) is 27.5 Å². The van der Waals surface area contributed by atoms with E-state index in [9.17, 15) is 0 Å². The Morgan fingerprint density at radius 2 is 1.88 bits per heavy atom. The van der Waals surface area contributed by atoms with E-state index in [1.165, 1.54) is 0 Å². The Morgan fingerprint density at radius 3 is 2.35 bits per heavy atom. The highest BCUT2D eigenvalue weighted by Crippen LogP contribution is 2.35. The van der Waals surface area contributed by atoms with Gasteiger partial charge in [-0.3, -0.25) is 0 Å². The smallest absolute Gasteiger partial charge is 0.127 e. The van der Waals surface area contributed by atoms with Crippen LogP contribution in [-0.2, 0) is 4.74 Å². The van der Waals surface area contributed by atoms with Crippen molar-refractivity contribution >= 4 is 27.5 Å². The van der Waals surface area contributed by atoms with Crippen LogP contribution >= 0.6 is 27.5 Å². The van der Waals surface area contributed by atoms with Crippen molar-refractivity contribution in [2.45, 2.75) is 37.3 Å². The van der Waals surface area contributed by atoms with Crippen LogP contribution in [0.25, 0.3) is 0 Å². The van der Waals surface area contributed by atoms with Gasteiger partial charge in [0.15, 0.2) is 0 Å². The lowest BCUT2D eigenvalue weighted by Gasteiger charge is -2.40. The fraction of sp³-hybridized carbons (Fsp3) is 0.538. The fourth-order valence-electron chi connectivity index (χ4n) is 2.09. The average Bonchev–Trinajstić information content (AvgIpc) is 2.25. The summed E-state index contributed by atoms with van der Waals surface area (Å²) in [7, 11) is 1.72. The molecule has 0 N–H and O–H groups in total. The molecule has 0 aliphatic heterocycles. The number of hydrogen-bond donors (Lipinski definition) is 0. The van der Waals surface area contributed by atoms with Crippen LogP contribution in [0.2, 0.25) is 5.02 Å². The molecule has 0 radical (unpaired) electrons. The van der Waals surface area contributed by atoms with Gasteiger partial charge >= 0.3 is 0 Å². The van der Waals surface area contributed by atoms with Crippen molar-refractivity contribution in [1.29, 1.82) is 0 Å². The summed E-state index contributed by atoms with van der Waals surface area (Å²) < 4.78 is 11.3. The van der Waals surface area contributed by atoms with Gasteiger partial charge in [0, 0.05) is 23.4 Å². The summed E-state index contributed by atoms with van der Waals surface area (Å²) in [5.41, 5.74) is 2.09. The minimum atomic E-state index is 0.129. The molecule has 1 fully saturated rings. The van der Waals surface area contributed by atoms with E-state index in [1.807, 2.05) is 26.0 Å². The van der Waals surface area contributed by atoms with Gasteiger partial charge in [0.25, 0.3) is 0 Å². The van der Waals surface area contributed by atoms with Gasteiger partial charge in [0.05, 0.1) is 0 Å². The van der Waals surface area contributed by atoms with E-state index in [4.69, 9.17) is 21.1 Å². The standard InChI is InChI=1S/C13H16BrClO2/c1-7-4-9(5-8(2)12(7)15)17-11-6-10(14)13(11)16-3/h4-5,10-11,13H,6H2,1-3H3. The molecule has 94 valence electrons. The van der Waals surface area contributed by atoms with E-state index in [0.29, 0.717) is 4.83 Å². The number of halogens is 2. The second kappa shape index (κ2) is 5.17. The Kier molecular flexibility index (Phi) is 4.01. The lowest BCUT2D eigenvalue weighted by Crippen LogP contribution is -2.51. The molecule has 2 nitrogen and oxygen atoms in total.